The number of alkyl halides is 4. The van der Waals surface area contributed by atoms with Crippen LogP contribution < -0.4 is 4.74 Å². The lowest BCUT2D eigenvalue weighted by Gasteiger charge is -2.42. The van der Waals surface area contributed by atoms with Crippen LogP contribution in [0.5, 0.6) is 11.5 Å². The number of carbonyl (C=O) groups excluding carboxylic acids is 1. The Morgan fingerprint density at radius 2 is 1.82 bits per heavy atom. The average Bonchev–Trinajstić information content (AvgIpc) is 2.79. The molecule has 3 aromatic carbocycles. The van der Waals surface area contributed by atoms with Crippen LogP contribution in [0.4, 0.5) is 17.6 Å². The van der Waals surface area contributed by atoms with Gasteiger partial charge >= 0.3 is 6.18 Å². The van der Waals surface area contributed by atoms with Crippen molar-refractivity contribution in [2.75, 3.05) is 26.3 Å². The second-order valence-electron chi connectivity index (χ2n) is 8.96. The zero-order valence-corrected chi connectivity index (χ0v) is 18.9. The van der Waals surface area contributed by atoms with Crippen molar-refractivity contribution >= 4 is 16.6 Å². The van der Waals surface area contributed by atoms with E-state index in [1.807, 2.05) is 18.2 Å². The predicted octanol–water partition coefficient (Wildman–Crippen LogP) is 7.15. The Balaban J connectivity index is 1.40. The molecule has 0 bridgehead atoms. The summed E-state index contributed by atoms with van der Waals surface area (Å²) < 4.78 is 56.6. The molecule has 1 saturated heterocycles. The first-order chi connectivity index (χ1) is 16.2. The first-order valence-corrected chi connectivity index (χ1v) is 11.4. The Bertz CT molecular complexity index is 1140. The van der Waals surface area contributed by atoms with Crippen LogP contribution in [0.15, 0.2) is 60.7 Å². The molecule has 3 aromatic rings. The molecule has 4 rings (SSSR count). The van der Waals surface area contributed by atoms with Crippen molar-refractivity contribution < 1.29 is 27.1 Å². The van der Waals surface area contributed by atoms with Crippen LogP contribution in [0, 0.1) is 11.8 Å². The van der Waals surface area contributed by atoms with Gasteiger partial charge in [0.1, 0.15) is 18.2 Å². The van der Waals surface area contributed by atoms with Gasteiger partial charge in [0.25, 0.3) is 0 Å². The molecule has 0 amide bonds. The van der Waals surface area contributed by atoms with Gasteiger partial charge in [0.05, 0.1) is 5.56 Å². The van der Waals surface area contributed by atoms with E-state index in [0.29, 0.717) is 41.9 Å². The summed E-state index contributed by atoms with van der Waals surface area (Å²) in [6, 6.07) is 15.4. The maximum Gasteiger partial charge on any atom is 0.416 e. The van der Waals surface area contributed by atoms with E-state index in [1.54, 1.807) is 18.2 Å². The maximum atomic E-state index is 12.8. The fourth-order valence-electron chi connectivity index (χ4n) is 4.37. The molecule has 3 nitrogen and oxygen atoms in total. The van der Waals surface area contributed by atoms with Gasteiger partial charge in [-0.15, -0.1) is 0 Å². The number of likely N-dealkylation sites (tertiary alicyclic amines) is 1. The number of carbonyl (C=O) groups is 1. The summed E-state index contributed by atoms with van der Waals surface area (Å²) >= 11 is 0. The average molecular weight is 474 g/mol. The molecule has 0 N–H and O–H groups in total. The Morgan fingerprint density at radius 3 is 2.50 bits per heavy atom. The maximum absolute atomic E-state index is 12.8. The van der Waals surface area contributed by atoms with Crippen molar-refractivity contribution in [2.24, 2.45) is 11.8 Å². The van der Waals surface area contributed by atoms with E-state index in [1.165, 1.54) is 12.1 Å². The normalized spacial score (nSPS) is 15.8. The smallest absolute Gasteiger partial charge is 0.416 e. The van der Waals surface area contributed by atoms with Crippen LogP contribution in [0.2, 0.25) is 0 Å². The molecule has 7 heteroatoms. The zero-order chi connectivity index (χ0) is 24.3. The standard InChI is InChI=1S/C27H27F4NO2/c1-18(21-16-32(17-21)14-13-28)5-12-25(33)20-6-11-24-19(15-20)3-2-4-26(24)34-23-9-7-22(8-10-23)27(29,30)31/h2-4,6-11,15,18,21H,5,12-14,16-17H2,1H3/t18-/m0/s1. The number of hydrogen-bond acceptors (Lipinski definition) is 3. The zero-order valence-electron chi connectivity index (χ0n) is 18.9. The topological polar surface area (TPSA) is 29.5 Å². The molecule has 1 aliphatic rings. The first kappa shape index (κ1) is 24.2. The Morgan fingerprint density at radius 1 is 1.09 bits per heavy atom. The van der Waals surface area contributed by atoms with Gasteiger partial charge in [-0.25, -0.2) is 4.39 Å². The third kappa shape index (κ3) is 5.58. The third-order valence-electron chi connectivity index (χ3n) is 6.59. The summed E-state index contributed by atoms with van der Waals surface area (Å²) in [5, 5.41) is 1.60. The molecule has 0 saturated carbocycles. The van der Waals surface area contributed by atoms with E-state index >= 15 is 0 Å². The summed E-state index contributed by atoms with van der Waals surface area (Å²) in [5.41, 5.74) is -0.108. The van der Waals surface area contributed by atoms with Gasteiger partial charge in [0.2, 0.25) is 0 Å². The monoisotopic (exact) mass is 473 g/mol. The SMILES string of the molecule is C[C@@H](CCC(=O)c1ccc2c(Oc3ccc(C(F)(F)F)cc3)cccc2c1)C1CN(CCF)C1. The molecule has 0 unspecified atom stereocenters. The highest BCUT2D eigenvalue weighted by atomic mass is 19.4. The predicted molar refractivity (Wildman–Crippen MR) is 124 cm³/mol. The summed E-state index contributed by atoms with van der Waals surface area (Å²) in [6.45, 7) is 4.12. The summed E-state index contributed by atoms with van der Waals surface area (Å²) in [4.78, 5) is 14.9. The number of rotatable bonds is 9. The fourth-order valence-corrected chi connectivity index (χ4v) is 4.37. The minimum Gasteiger partial charge on any atom is -0.457 e. The van der Waals surface area contributed by atoms with Crippen LogP contribution in [-0.2, 0) is 6.18 Å². The molecule has 0 aromatic heterocycles. The number of hydrogen-bond donors (Lipinski definition) is 0. The van der Waals surface area contributed by atoms with Crippen molar-refractivity contribution in [3.63, 3.8) is 0 Å². The molecular weight excluding hydrogens is 446 g/mol. The van der Waals surface area contributed by atoms with Gasteiger partial charge in [-0.2, -0.15) is 13.2 Å². The molecule has 0 aliphatic carbocycles. The lowest BCUT2D eigenvalue weighted by Crippen LogP contribution is -2.50. The minimum absolute atomic E-state index is 0.0720. The highest BCUT2D eigenvalue weighted by Gasteiger charge is 2.31. The fraction of sp³-hybridized carbons (Fsp3) is 0.370. The molecule has 180 valence electrons. The third-order valence-corrected chi connectivity index (χ3v) is 6.59. The van der Waals surface area contributed by atoms with Crippen molar-refractivity contribution in [2.45, 2.75) is 25.9 Å². The number of nitrogens with zero attached hydrogens (tertiary/aromatic N) is 1. The van der Waals surface area contributed by atoms with Crippen molar-refractivity contribution in [3.05, 3.63) is 71.8 Å². The van der Waals surface area contributed by atoms with E-state index in [4.69, 9.17) is 4.74 Å². The molecule has 1 heterocycles. The van der Waals surface area contributed by atoms with Gasteiger partial charge in [-0.05, 0) is 66.1 Å². The molecule has 1 atom stereocenters. The number of halogens is 4. The van der Waals surface area contributed by atoms with Gasteiger partial charge in [0.15, 0.2) is 5.78 Å². The van der Waals surface area contributed by atoms with E-state index in [9.17, 15) is 22.4 Å². The number of Topliss-reactive ketones (excluding diaryl/α,β-unsaturated/α-hetero) is 1. The molecular formula is C27H27F4NO2. The lowest BCUT2D eigenvalue weighted by atomic mass is 9.83. The van der Waals surface area contributed by atoms with E-state index in [0.717, 1.165) is 42.4 Å². The molecule has 1 fully saturated rings. The Labute approximate surface area is 196 Å². The number of fused-ring (bicyclic) bond motifs is 1. The molecule has 0 spiro atoms. The van der Waals surface area contributed by atoms with Crippen LogP contribution >= 0.6 is 0 Å². The largest absolute Gasteiger partial charge is 0.457 e. The van der Waals surface area contributed by atoms with E-state index in [2.05, 4.69) is 11.8 Å². The quantitative estimate of drug-likeness (QED) is 0.244. The molecule has 34 heavy (non-hydrogen) atoms. The summed E-state index contributed by atoms with van der Waals surface area (Å²) in [5.74, 6) is 1.80. The van der Waals surface area contributed by atoms with Crippen molar-refractivity contribution in [1.82, 2.24) is 4.90 Å². The highest BCUT2D eigenvalue weighted by Crippen LogP contribution is 2.34. The first-order valence-electron chi connectivity index (χ1n) is 11.4. The summed E-state index contributed by atoms with van der Waals surface area (Å²) in [7, 11) is 0. The number of ether oxygens (including phenoxy) is 1. The lowest BCUT2D eigenvalue weighted by molar-refractivity contribution is -0.137. The van der Waals surface area contributed by atoms with Gasteiger partial charge in [-0.1, -0.05) is 25.1 Å². The van der Waals surface area contributed by atoms with Crippen molar-refractivity contribution in [3.8, 4) is 11.5 Å². The summed E-state index contributed by atoms with van der Waals surface area (Å²) in [6.07, 6.45) is -3.15. The Kier molecular flexibility index (Phi) is 7.22. The van der Waals surface area contributed by atoms with Gasteiger partial charge < -0.3 is 9.64 Å². The van der Waals surface area contributed by atoms with Crippen LogP contribution in [0.1, 0.15) is 35.7 Å². The van der Waals surface area contributed by atoms with Crippen LogP contribution in [0.3, 0.4) is 0 Å². The van der Waals surface area contributed by atoms with E-state index < -0.39 is 11.7 Å². The molecule has 1 aliphatic heterocycles. The highest BCUT2D eigenvalue weighted by molar-refractivity contribution is 6.01. The van der Waals surface area contributed by atoms with Crippen molar-refractivity contribution in [1.29, 1.82) is 0 Å². The van der Waals surface area contributed by atoms with Crippen LogP contribution in [-0.4, -0.2) is 37.0 Å². The number of ketones is 1. The number of benzene rings is 3. The minimum atomic E-state index is -4.40. The van der Waals surface area contributed by atoms with Crippen LogP contribution in [0.25, 0.3) is 10.8 Å². The second kappa shape index (κ2) is 10.1. The molecule has 0 radical (unpaired) electrons. The second-order valence-corrected chi connectivity index (χ2v) is 8.96. The Hall–Kier alpha value is -2.93. The van der Waals surface area contributed by atoms with E-state index in [-0.39, 0.29) is 12.5 Å². The van der Waals surface area contributed by atoms with Gasteiger partial charge in [0, 0.05) is 37.0 Å². The van der Waals surface area contributed by atoms with Gasteiger partial charge in [-0.3, -0.25) is 4.79 Å².